The summed E-state index contributed by atoms with van der Waals surface area (Å²) in [5.41, 5.74) is 2.08. The summed E-state index contributed by atoms with van der Waals surface area (Å²) in [4.78, 5) is 9.08. The van der Waals surface area contributed by atoms with Gasteiger partial charge in [-0.15, -0.1) is 0 Å². The lowest BCUT2D eigenvalue weighted by atomic mass is 10.1. The molecular weight excluding hydrogens is 244 g/mol. The molecule has 1 aromatic rings. The largest absolute Gasteiger partial charge is 0.376 e. The minimum absolute atomic E-state index is 0.450. The van der Waals surface area contributed by atoms with Crippen LogP contribution in [0.25, 0.3) is 0 Å². The van der Waals surface area contributed by atoms with Crippen LogP contribution in [-0.2, 0) is 17.8 Å². The van der Waals surface area contributed by atoms with Gasteiger partial charge in [0.15, 0.2) is 0 Å². The molecule has 0 spiro atoms. The SMILES string of the molecule is Clc1nc(C2CCCS2)nc2c1COCC2. The number of thioether (sulfide) groups is 1. The lowest BCUT2D eigenvalue weighted by Gasteiger charge is -2.18. The van der Waals surface area contributed by atoms with Crippen LogP contribution in [0.15, 0.2) is 0 Å². The maximum atomic E-state index is 6.19. The van der Waals surface area contributed by atoms with Crippen molar-refractivity contribution in [2.45, 2.75) is 31.1 Å². The van der Waals surface area contributed by atoms with Crippen molar-refractivity contribution in [2.75, 3.05) is 12.4 Å². The third kappa shape index (κ3) is 1.94. The van der Waals surface area contributed by atoms with Crippen LogP contribution in [0.5, 0.6) is 0 Å². The van der Waals surface area contributed by atoms with E-state index >= 15 is 0 Å². The van der Waals surface area contributed by atoms with E-state index < -0.39 is 0 Å². The van der Waals surface area contributed by atoms with E-state index in [0.717, 1.165) is 30.1 Å². The number of nitrogens with zero attached hydrogens (tertiary/aromatic N) is 2. The molecule has 1 aromatic heterocycles. The van der Waals surface area contributed by atoms with Gasteiger partial charge < -0.3 is 4.74 Å². The van der Waals surface area contributed by atoms with Gasteiger partial charge in [0.05, 0.1) is 24.2 Å². The molecule has 0 radical (unpaired) electrons. The molecule has 0 N–H and O–H groups in total. The number of hydrogen-bond acceptors (Lipinski definition) is 4. The Morgan fingerprint density at radius 1 is 1.38 bits per heavy atom. The van der Waals surface area contributed by atoms with Crippen LogP contribution in [0.4, 0.5) is 0 Å². The molecule has 0 amide bonds. The smallest absolute Gasteiger partial charge is 0.143 e. The normalized spacial score (nSPS) is 24.4. The fourth-order valence-corrected chi connectivity index (χ4v) is 3.59. The van der Waals surface area contributed by atoms with Crippen LogP contribution in [0.1, 0.15) is 35.2 Å². The standard InChI is InChI=1S/C11H13ClN2OS/c12-10-7-6-15-4-3-8(7)13-11(14-10)9-2-1-5-16-9/h9H,1-6H2. The summed E-state index contributed by atoms with van der Waals surface area (Å²) in [6.07, 6.45) is 3.30. The van der Waals surface area contributed by atoms with Gasteiger partial charge in [0.1, 0.15) is 11.0 Å². The van der Waals surface area contributed by atoms with Crippen molar-refractivity contribution in [3.63, 3.8) is 0 Å². The van der Waals surface area contributed by atoms with Gasteiger partial charge in [0.2, 0.25) is 0 Å². The molecule has 2 aliphatic heterocycles. The molecule has 0 aromatic carbocycles. The summed E-state index contributed by atoms with van der Waals surface area (Å²) in [6.45, 7) is 1.31. The first-order valence-electron chi connectivity index (χ1n) is 5.59. The third-order valence-corrected chi connectivity index (χ3v) is 4.69. The van der Waals surface area contributed by atoms with E-state index in [2.05, 4.69) is 9.97 Å². The molecule has 16 heavy (non-hydrogen) atoms. The van der Waals surface area contributed by atoms with E-state index in [0.29, 0.717) is 17.0 Å². The maximum Gasteiger partial charge on any atom is 0.143 e. The Bertz CT molecular complexity index is 407. The van der Waals surface area contributed by atoms with E-state index in [4.69, 9.17) is 16.3 Å². The molecule has 3 rings (SSSR count). The zero-order valence-electron chi connectivity index (χ0n) is 8.91. The molecular formula is C11H13ClN2OS. The van der Waals surface area contributed by atoms with Crippen LogP contribution in [0.2, 0.25) is 5.15 Å². The first kappa shape index (κ1) is 10.8. The third-order valence-electron chi connectivity index (χ3n) is 3.01. The molecule has 3 nitrogen and oxygen atoms in total. The number of aromatic nitrogens is 2. The summed E-state index contributed by atoms with van der Waals surface area (Å²) < 4.78 is 5.37. The zero-order valence-corrected chi connectivity index (χ0v) is 10.5. The van der Waals surface area contributed by atoms with Gasteiger partial charge in [-0.25, -0.2) is 9.97 Å². The van der Waals surface area contributed by atoms with E-state index in [1.807, 2.05) is 11.8 Å². The second-order valence-electron chi connectivity index (χ2n) is 4.10. The number of halogens is 1. The van der Waals surface area contributed by atoms with Crippen molar-refractivity contribution < 1.29 is 4.74 Å². The number of fused-ring (bicyclic) bond motifs is 1. The number of rotatable bonds is 1. The van der Waals surface area contributed by atoms with E-state index in [9.17, 15) is 0 Å². The van der Waals surface area contributed by atoms with E-state index in [-0.39, 0.29) is 0 Å². The first-order chi connectivity index (χ1) is 7.84. The lowest BCUT2D eigenvalue weighted by molar-refractivity contribution is 0.108. The summed E-state index contributed by atoms with van der Waals surface area (Å²) in [5, 5.41) is 1.04. The van der Waals surface area contributed by atoms with Gasteiger partial charge in [-0.05, 0) is 18.6 Å². The summed E-state index contributed by atoms with van der Waals surface area (Å²) in [6, 6.07) is 0. The van der Waals surface area contributed by atoms with Gasteiger partial charge in [-0.3, -0.25) is 0 Å². The predicted octanol–water partition coefficient (Wildman–Crippen LogP) is 2.77. The molecule has 0 aliphatic carbocycles. The average Bonchev–Trinajstić information content (AvgIpc) is 2.82. The lowest BCUT2D eigenvalue weighted by Crippen LogP contribution is -2.15. The van der Waals surface area contributed by atoms with Crippen molar-refractivity contribution in [1.29, 1.82) is 0 Å². The van der Waals surface area contributed by atoms with Gasteiger partial charge in [-0.1, -0.05) is 11.6 Å². The molecule has 1 saturated heterocycles. The second-order valence-corrected chi connectivity index (χ2v) is 5.77. The monoisotopic (exact) mass is 256 g/mol. The highest BCUT2D eigenvalue weighted by Gasteiger charge is 2.24. The Morgan fingerprint density at radius 3 is 3.12 bits per heavy atom. The summed E-state index contributed by atoms with van der Waals surface area (Å²) in [5.74, 6) is 2.14. The minimum Gasteiger partial charge on any atom is -0.376 e. The van der Waals surface area contributed by atoms with Crippen molar-refractivity contribution in [3.8, 4) is 0 Å². The fourth-order valence-electron chi connectivity index (χ4n) is 2.14. The molecule has 3 heterocycles. The van der Waals surface area contributed by atoms with Crippen molar-refractivity contribution in [3.05, 3.63) is 22.2 Å². The highest BCUT2D eigenvalue weighted by molar-refractivity contribution is 7.99. The Kier molecular flexibility index (Phi) is 3.05. The van der Waals surface area contributed by atoms with Crippen molar-refractivity contribution in [1.82, 2.24) is 9.97 Å². The molecule has 0 saturated carbocycles. The van der Waals surface area contributed by atoms with Gasteiger partial charge in [0.25, 0.3) is 0 Å². The molecule has 5 heteroatoms. The molecule has 1 unspecified atom stereocenters. The van der Waals surface area contributed by atoms with Gasteiger partial charge in [0, 0.05) is 12.0 Å². The van der Waals surface area contributed by atoms with E-state index in [1.54, 1.807) is 0 Å². The molecule has 1 fully saturated rings. The fraction of sp³-hybridized carbons (Fsp3) is 0.636. The highest BCUT2D eigenvalue weighted by Crippen LogP contribution is 2.39. The minimum atomic E-state index is 0.450. The zero-order chi connectivity index (χ0) is 11.0. The van der Waals surface area contributed by atoms with E-state index in [1.165, 1.54) is 18.6 Å². The summed E-state index contributed by atoms with van der Waals surface area (Å²) >= 11 is 8.13. The Morgan fingerprint density at radius 2 is 2.31 bits per heavy atom. The number of ether oxygens (including phenoxy) is 1. The van der Waals surface area contributed by atoms with Crippen LogP contribution >= 0.6 is 23.4 Å². The summed E-state index contributed by atoms with van der Waals surface area (Å²) in [7, 11) is 0. The predicted molar refractivity (Wildman–Crippen MR) is 64.8 cm³/mol. The van der Waals surface area contributed by atoms with Crippen molar-refractivity contribution >= 4 is 23.4 Å². The Balaban J connectivity index is 1.97. The van der Waals surface area contributed by atoms with Crippen LogP contribution < -0.4 is 0 Å². The Hall–Kier alpha value is -0.320. The molecule has 86 valence electrons. The van der Waals surface area contributed by atoms with Gasteiger partial charge >= 0.3 is 0 Å². The maximum absolute atomic E-state index is 6.19. The topological polar surface area (TPSA) is 35.0 Å². The molecule has 1 atom stereocenters. The Labute approximate surface area is 104 Å². The van der Waals surface area contributed by atoms with Crippen LogP contribution in [0.3, 0.4) is 0 Å². The molecule has 0 bridgehead atoms. The van der Waals surface area contributed by atoms with Crippen LogP contribution in [0, 0.1) is 0 Å². The molecule has 2 aliphatic rings. The highest BCUT2D eigenvalue weighted by atomic mass is 35.5. The first-order valence-corrected chi connectivity index (χ1v) is 7.02. The van der Waals surface area contributed by atoms with Crippen LogP contribution in [-0.4, -0.2) is 22.3 Å². The van der Waals surface area contributed by atoms with Gasteiger partial charge in [-0.2, -0.15) is 11.8 Å². The van der Waals surface area contributed by atoms with Crippen molar-refractivity contribution in [2.24, 2.45) is 0 Å². The average molecular weight is 257 g/mol. The quantitative estimate of drug-likeness (QED) is 0.724. The number of hydrogen-bond donors (Lipinski definition) is 0. The second kappa shape index (κ2) is 4.51.